The van der Waals surface area contributed by atoms with Gasteiger partial charge in [0.1, 0.15) is 11.6 Å². The highest BCUT2D eigenvalue weighted by atomic mass is 16.1. The highest BCUT2D eigenvalue weighted by molar-refractivity contribution is 5.81. The Morgan fingerprint density at radius 1 is 1.44 bits per heavy atom. The Morgan fingerprint density at radius 2 is 2.17 bits per heavy atom. The van der Waals surface area contributed by atoms with Crippen LogP contribution >= 0.6 is 0 Å². The molecule has 0 saturated heterocycles. The number of carbonyl (C=O) groups is 1. The summed E-state index contributed by atoms with van der Waals surface area (Å²) in [4.78, 5) is 16.4. The van der Waals surface area contributed by atoms with Crippen molar-refractivity contribution >= 4 is 5.78 Å². The van der Waals surface area contributed by atoms with Crippen molar-refractivity contribution in [2.75, 3.05) is 0 Å². The number of nitrogens with zero attached hydrogens (tertiary/aromatic N) is 2. The fourth-order valence-corrected chi connectivity index (χ4v) is 2.86. The molecule has 0 aliphatic heterocycles. The van der Waals surface area contributed by atoms with E-state index in [1.165, 1.54) is 6.42 Å². The first-order valence-electron chi connectivity index (χ1n) is 6.93. The van der Waals surface area contributed by atoms with E-state index in [4.69, 9.17) is 5.73 Å². The van der Waals surface area contributed by atoms with Crippen LogP contribution in [0.5, 0.6) is 0 Å². The summed E-state index contributed by atoms with van der Waals surface area (Å²) in [5.74, 6) is 1.09. The van der Waals surface area contributed by atoms with Gasteiger partial charge in [-0.2, -0.15) is 0 Å². The van der Waals surface area contributed by atoms with Crippen molar-refractivity contribution in [1.82, 2.24) is 9.55 Å². The summed E-state index contributed by atoms with van der Waals surface area (Å²) in [7, 11) is 0. The first-order chi connectivity index (χ1) is 8.63. The van der Waals surface area contributed by atoms with Gasteiger partial charge < -0.3 is 10.3 Å². The maximum Gasteiger partial charge on any atom is 0.142 e. The minimum Gasteiger partial charge on any atom is -0.335 e. The predicted octanol–water partition coefficient (Wildman–Crippen LogP) is 2.07. The second-order valence-corrected chi connectivity index (χ2v) is 5.44. The number of aromatic nitrogens is 2. The molecule has 1 aliphatic carbocycles. The number of aryl methyl sites for hydroxylation is 1. The Hall–Kier alpha value is -1.16. The molecule has 1 aromatic rings. The molecule has 4 heteroatoms. The fourth-order valence-electron chi connectivity index (χ4n) is 2.86. The summed E-state index contributed by atoms with van der Waals surface area (Å²) < 4.78 is 2.02. The number of rotatable bonds is 5. The number of imidazole rings is 1. The maximum absolute atomic E-state index is 12.1. The standard InChI is InChI=1S/C14H23N3O/c1-2-17-9-8-16-13(17)10-12(18)11-14(15)6-4-3-5-7-14/h8-9H,2-7,10-11,15H2,1H3. The highest BCUT2D eigenvalue weighted by Gasteiger charge is 2.30. The van der Waals surface area contributed by atoms with E-state index >= 15 is 0 Å². The van der Waals surface area contributed by atoms with E-state index in [0.717, 1.165) is 38.1 Å². The minimum absolute atomic E-state index is 0.223. The lowest BCUT2D eigenvalue weighted by Crippen LogP contribution is -2.43. The number of carbonyl (C=O) groups excluding carboxylic acids is 1. The van der Waals surface area contributed by atoms with Gasteiger partial charge in [0.05, 0.1) is 6.42 Å². The topological polar surface area (TPSA) is 60.9 Å². The molecule has 18 heavy (non-hydrogen) atoms. The zero-order valence-corrected chi connectivity index (χ0v) is 11.2. The molecule has 100 valence electrons. The SMILES string of the molecule is CCn1ccnc1CC(=O)CC1(N)CCCCC1. The van der Waals surface area contributed by atoms with Crippen LogP contribution in [0.25, 0.3) is 0 Å². The van der Waals surface area contributed by atoms with E-state index in [9.17, 15) is 4.79 Å². The van der Waals surface area contributed by atoms with Crippen LogP contribution in [-0.4, -0.2) is 20.9 Å². The highest BCUT2D eigenvalue weighted by Crippen LogP contribution is 2.29. The lowest BCUT2D eigenvalue weighted by Gasteiger charge is -2.32. The van der Waals surface area contributed by atoms with Crippen molar-refractivity contribution in [2.24, 2.45) is 5.73 Å². The van der Waals surface area contributed by atoms with Crippen molar-refractivity contribution in [3.63, 3.8) is 0 Å². The number of nitrogens with two attached hydrogens (primary N) is 1. The molecule has 1 aromatic heterocycles. The van der Waals surface area contributed by atoms with Crippen molar-refractivity contribution in [1.29, 1.82) is 0 Å². The average Bonchev–Trinajstić information content (AvgIpc) is 2.76. The maximum atomic E-state index is 12.1. The lowest BCUT2D eigenvalue weighted by atomic mass is 9.79. The van der Waals surface area contributed by atoms with Crippen LogP contribution in [0.15, 0.2) is 12.4 Å². The third-order valence-corrected chi connectivity index (χ3v) is 3.90. The molecule has 0 amide bonds. The zero-order valence-electron chi connectivity index (χ0n) is 11.2. The summed E-state index contributed by atoms with van der Waals surface area (Å²) in [5, 5.41) is 0. The number of hydrogen-bond acceptors (Lipinski definition) is 3. The second kappa shape index (κ2) is 5.65. The van der Waals surface area contributed by atoms with E-state index in [1.54, 1.807) is 6.20 Å². The molecular formula is C14H23N3O. The van der Waals surface area contributed by atoms with Crippen LogP contribution in [0, 0.1) is 0 Å². The van der Waals surface area contributed by atoms with E-state index < -0.39 is 0 Å². The van der Waals surface area contributed by atoms with Gasteiger partial charge in [0.2, 0.25) is 0 Å². The van der Waals surface area contributed by atoms with Crippen LogP contribution in [-0.2, 0) is 17.8 Å². The van der Waals surface area contributed by atoms with Gasteiger partial charge in [-0.3, -0.25) is 4.79 Å². The number of ketones is 1. The average molecular weight is 249 g/mol. The molecule has 4 nitrogen and oxygen atoms in total. The van der Waals surface area contributed by atoms with E-state index in [-0.39, 0.29) is 11.3 Å². The van der Waals surface area contributed by atoms with Gasteiger partial charge in [-0.1, -0.05) is 19.3 Å². The number of Topliss-reactive ketones (excluding diaryl/α,β-unsaturated/α-hetero) is 1. The van der Waals surface area contributed by atoms with E-state index in [1.807, 2.05) is 10.8 Å². The predicted molar refractivity (Wildman–Crippen MR) is 71.2 cm³/mol. The first kappa shape index (κ1) is 13.3. The molecule has 0 unspecified atom stereocenters. The Balaban J connectivity index is 1.92. The van der Waals surface area contributed by atoms with Gasteiger partial charge in [-0.15, -0.1) is 0 Å². The summed E-state index contributed by atoms with van der Waals surface area (Å²) >= 11 is 0. The van der Waals surface area contributed by atoms with Gasteiger partial charge in [-0.05, 0) is 19.8 Å². The summed E-state index contributed by atoms with van der Waals surface area (Å²) in [6, 6.07) is 0. The molecule has 0 spiro atoms. The monoisotopic (exact) mass is 249 g/mol. The van der Waals surface area contributed by atoms with Crippen molar-refractivity contribution < 1.29 is 4.79 Å². The lowest BCUT2D eigenvalue weighted by molar-refractivity contribution is -0.120. The van der Waals surface area contributed by atoms with Gasteiger partial charge in [0, 0.05) is 30.9 Å². The van der Waals surface area contributed by atoms with Gasteiger partial charge in [-0.25, -0.2) is 4.98 Å². The summed E-state index contributed by atoms with van der Waals surface area (Å²) in [6.45, 7) is 2.91. The molecule has 0 radical (unpaired) electrons. The zero-order chi connectivity index (χ0) is 13.0. The quantitative estimate of drug-likeness (QED) is 0.869. The molecule has 1 heterocycles. The molecule has 0 aromatic carbocycles. The van der Waals surface area contributed by atoms with Crippen LogP contribution in [0.1, 0.15) is 51.3 Å². The Bertz CT molecular complexity index is 405. The minimum atomic E-state index is -0.251. The molecule has 0 bridgehead atoms. The van der Waals surface area contributed by atoms with Gasteiger partial charge in [0.25, 0.3) is 0 Å². The number of hydrogen-bond donors (Lipinski definition) is 1. The molecule has 2 N–H and O–H groups in total. The van der Waals surface area contributed by atoms with E-state index in [0.29, 0.717) is 12.8 Å². The largest absolute Gasteiger partial charge is 0.335 e. The van der Waals surface area contributed by atoms with Gasteiger partial charge in [0.15, 0.2) is 0 Å². The molecule has 1 saturated carbocycles. The molecule has 2 rings (SSSR count). The van der Waals surface area contributed by atoms with E-state index in [2.05, 4.69) is 11.9 Å². The van der Waals surface area contributed by atoms with Crippen molar-refractivity contribution in [3.8, 4) is 0 Å². The molecular weight excluding hydrogens is 226 g/mol. The second-order valence-electron chi connectivity index (χ2n) is 5.44. The fraction of sp³-hybridized carbons (Fsp3) is 0.714. The first-order valence-corrected chi connectivity index (χ1v) is 6.93. The molecule has 1 aliphatic rings. The van der Waals surface area contributed by atoms with Crippen LogP contribution in [0.4, 0.5) is 0 Å². The summed E-state index contributed by atoms with van der Waals surface area (Å²) in [5.41, 5.74) is 6.06. The van der Waals surface area contributed by atoms with Crippen molar-refractivity contribution in [3.05, 3.63) is 18.2 Å². The van der Waals surface area contributed by atoms with Crippen LogP contribution in [0.3, 0.4) is 0 Å². The van der Waals surface area contributed by atoms with Gasteiger partial charge >= 0.3 is 0 Å². The summed E-state index contributed by atoms with van der Waals surface area (Å²) in [6.07, 6.45) is 10.1. The molecule has 1 fully saturated rings. The smallest absolute Gasteiger partial charge is 0.142 e. The molecule has 0 atom stereocenters. The van der Waals surface area contributed by atoms with Crippen LogP contribution in [0.2, 0.25) is 0 Å². The normalized spacial score (nSPS) is 18.8. The third kappa shape index (κ3) is 3.19. The Kier molecular flexibility index (Phi) is 4.17. The third-order valence-electron chi connectivity index (χ3n) is 3.90. The Morgan fingerprint density at radius 3 is 2.83 bits per heavy atom. The van der Waals surface area contributed by atoms with Crippen molar-refractivity contribution in [2.45, 2.75) is 64.0 Å². The Labute approximate surface area is 109 Å². The van der Waals surface area contributed by atoms with Crippen LogP contribution < -0.4 is 5.73 Å².